The Kier molecular flexibility index (Phi) is 14.9. The van der Waals surface area contributed by atoms with Gasteiger partial charge in [-0.2, -0.15) is 12.6 Å². The highest BCUT2D eigenvalue weighted by Gasteiger charge is 2.31. The van der Waals surface area contributed by atoms with Crippen molar-refractivity contribution in [1.82, 2.24) is 21.3 Å². The first-order chi connectivity index (χ1) is 18.6. The van der Waals surface area contributed by atoms with Crippen molar-refractivity contribution in [2.75, 3.05) is 12.3 Å². The molecule has 0 aromatic heterocycles. The van der Waals surface area contributed by atoms with Gasteiger partial charge in [-0.25, -0.2) is 4.79 Å². The van der Waals surface area contributed by atoms with Gasteiger partial charge < -0.3 is 31.1 Å². The summed E-state index contributed by atoms with van der Waals surface area (Å²) < 4.78 is 5.19. The van der Waals surface area contributed by atoms with Crippen LogP contribution in [-0.2, 0) is 30.3 Å². The number of aliphatic carboxylic acids is 1. The number of rotatable bonds is 15. The summed E-state index contributed by atoms with van der Waals surface area (Å²) in [5.74, 6) is -2.98. The third-order valence-corrected chi connectivity index (χ3v) is 6.20. The van der Waals surface area contributed by atoms with Crippen molar-refractivity contribution in [3.63, 3.8) is 0 Å². The number of alkyl carbamates (subject to hydrolysis) is 1. The van der Waals surface area contributed by atoms with E-state index >= 15 is 0 Å². The normalized spacial score (nSPS) is 13.5. The standard InChI is InChI=1S/C27H41ClN4O7S/c1-16(2)14-20(30-24(36)19(10-11-22(33)34)32-26(38)39-27(3,4)5)25(37)31-21(15-40)23(35)29-13-12-17-8-6-7-9-18(17)28/h6-9,16,19-21,40H,10-15H2,1-5H3,(H,29,35)(H,30,36)(H,31,37)(H,32,38)(H,33,34)/t19-,20-,21-/m0/s1. The summed E-state index contributed by atoms with van der Waals surface area (Å²) in [6, 6.07) is 3.97. The monoisotopic (exact) mass is 600 g/mol. The zero-order chi connectivity index (χ0) is 30.5. The Labute approximate surface area is 245 Å². The lowest BCUT2D eigenvalue weighted by Crippen LogP contribution is -2.57. The lowest BCUT2D eigenvalue weighted by molar-refractivity contribution is -0.137. The first-order valence-electron chi connectivity index (χ1n) is 13.1. The summed E-state index contributed by atoms with van der Waals surface area (Å²) in [6.07, 6.45) is -0.795. The van der Waals surface area contributed by atoms with E-state index in [1.165, 1.54) is 0 Å². The maximum atomic E-state index is 13.2. The summed E-state index contributed by atoms with van der Waals surface area (Å²) in [6.45, 7) is 8.93. The molecule has 0 spiro atoms. The number of benzene rings is 1. The zero-order valence-corrected chi connectivity index (χ0v) is 25.2. The number of ether oxygens (including phenoxy) is 1. The number of amides is 4. The highest BCUT2D eigenvalue weighted by molar-refractivity contribution is 7.80. The number of nitrogens with one attached hydrogen (secondary N) is 4. The highest BCUT2D eigenvalue weighted by atomic mass is 35.5. The van der Waals surface area contributed by atoms with Crippen molar-refractivity contribution in [3.8, 4) is 0 Å². The Hall–Kier alpha value is -2.99. The molecular weight excluding hydrogens is 560 g/mol. The second-order valence-corrected chi connectivity index (χ2v) is 11.5. The van der Waals surface area contributed by atoms with Crippen LogP contribution in [0.25, 0.3) is 0 Å². The molecule has 3 atom stereocenters. The lowest BCUT2D eigenvalue weighted by Gasteiger charge is -2.26. The van der Waals surface area contributed by atoms with E-state index in [1.807, 2.05) is 32.0 Å². The number of carbonyl (C=O) groups is 5. The maximum absolute atomic E-state index is 13.2. The molecule has 4 amide bonds. The molecule has 5 N–H and O–H groups in total. The molecule has 0 radical (unpaired) electrons. The van der Waals surface area contributed by atoms with E-state index in [0.717, 1.165) is 5.56 Å². The third-order valence-electron chi connectivity index (χ3n) is 5.46. The van der Waals surface area contributed by atoms with Crippen molar-refractivity contribution >= 4 is 54.0 Å². The first kappa shape index (κ1) is 35.0. The number of thiol groups is 1. The van der Waals surface area contributed by atoms with Crippen molar-refractivity contribution in [1.29, 1.82) is 0 Å². The van der Waals surface area contributed by atoms with E-state index < -0.39 is 59.9 Å². The Balaban J connectivity index is 2.89. The van der Waals surface area contributed by atoms with Crippen molar-refractivity contribution in [2.24, 2.45) is 5.92 Å². The molecule has 0 saturated carbocycles. The molecule has 0 saturated heterocycles. The van der Waals surface area contributed by atoms with Crippen LogP contribution in [0.5, 0.6) is 0 Å². The Bertz CT molecular complexity index is 1030. The molecule has 1 aromatic carbocycles. The van der Waals surface area contributed by atoms with Crippen molar-refractivity contribution in [2.45, 2.75) is 84.0 Å². The predicted molar refractivity (Wildman–Crippen MR) is 155 cm³/mol. The SMILES string of the molecule is CC(C)C[C@H](NC(=O)[C@H](CCC(=O)O)NC(=O)OC(C)(C)C)C(=O)N[C@@H](CS)C(=O)NCCc1ccccc1Cl. The second-order valence-electron chi connectivity index (χ2n) is 10.7. The van der Waals surface area contributed by atoms with Gasteiger partial charge in [0.25, 0.3) is 0 Å². The van der Waals surface area contributed by atoms with Crippen LogP contribution in [0.15, 0.2) is 24.3 Å². The summed E-state index contributed by atoms with van der Waals surface area (Å²) in [4.78, 5) is 62.4. The van der Waals surface area contributed by atoms with Gasteiger partial charge in [0.15, 0.2) is 0 Å². The van der Waals surface area contributed by atoms with E-state index in [2.05, 4.69) is 33.9 Å². The van der Waals surface area contributed by atoms with E-state index in [1.54, 1.807) is 26.8 Å². The fraction of sp³-hybridized carbons (Fsp3) is 0.593. The third kappa shape index (κ3) is 13.9. The molecule has 1 aromatic rings. The number of hydrogen-bond donors (Lipinski definition) is 6. The zero-order valence-electron chi connectivity index (χ0n) is 23.6. The van der Waals surface area contributed by atoms with Gasteiger partial charge >= 0.3 is 12.1 Å². The van der Waals surface area contributed by atoms with Gasteiger partial charge in [0, 0.05) is 23.7 Å². The molecule has 0 aliphatic carbocycles. The largest absolute Gasteiger partial charge is 0.481 e. The molecule has 0 heterocycles. The number of carboxylic acid groups (broad SMARTS) is 1. The minimum absolute atomic E-state index is 0.00739. The van der Waals surface area contributed by atoms with Gasteiger partial charge in [-0.3, -0.25) is 19.2 Å². The van der Waals surface area contributed by atoms with Gasteiger partial charge in [-0.1, -0.05) is 43.6 Å². The molecule has 11 nitrogen and oxygen atoms in total. The quantitative estimate of drug-likeness (QED) is 0.169. The molecule has 13 heteroatoms. The molecule has 224 valence electrons. The molecule has 0 bridgehead atoms. The molecule has 1 rings (SSSR count). The van der Waals surface area contributed by atoms with E-state index in [9.17, 15) is 24.0 Å². The average molecular weight is 601 g/mol. The molecule has 0 aliphatic rings. The van der Waals surface area contributed by atoms with Crippen molar-refractivity contribution < 1.29 is 33.8 Å². The summed E-state index contributed by atoms with van der Waals surface area (Å²) in [7, 11) is 0. The van der Waals surface area contributed by atoms with E-state index in [4.69, 9.17) is 21.4 Å². The van der Waals surface area contributed by atoms with Crippen LogP contribution in [-0.4, -0.2) is 70.9 Å². The Morgan fingerprint density at radius 2 is 1.55 bits per heavy atom. The fourth-order valence-electron chi connectivity index (χ4n) is 3.57. The second kappa shape index (κ2) is 17.0. The van der Waals surface area contributed by atoms with Crippen LogP contribution in [0.3, 0.4) is 0 Å². The minimum Gasteiger partial charge on any atom is -0.481 e. The summed E-state index contributed by atoms with van der Waals surface area (Å²) >= 11 is 10.3. The fourth-order valence-corrected chi connectivity index (χ4v) is 4.06. The molecule has 0 unspecified atom stereocenters. The van der Waals surface area contributed by atoms with Crippen molar-refractivity contribution in [3.05, 3.63) is 34.9 Å². The van der Waals surface area contributed by atoms with Crippen LogP contribution in [0, 0.1) is 5.92 Å². The Morgan fingerprint density at radius 1 is 0.950 bits per heavy atom. The van der Waals surface area contributed by atoms with E-state index in [0.29, 0.717) is 11.4 Å². The van der Waals surface area contributed by atoms with Crippen LogP contribution in [0.4, 0.5) is 4.79 Å². The summed E-state index contributed by atoms with van der Waals surface area (Å²) in [5, 5.41) is 20.0. The number of halogens is 1. The average Bonchev–Trinajstić information content (AvgIpc) is 2.83. The van der Waals surface area contributed by atoms with Gasteiger partial charge in [-0.15, -0.1) is 0 Å². The van der Waals surface area contributed by atoms with Gasteiger partial charge in [0.2, 0.25) is 17.7 Å². The highest BCUT2D eigenvalue weighted by Crippen LogP contribution is 2.15. The van der Waals surface area contributed by atoms with E-state index in [-0.39, 0.29) is 31.1 Å². The first-order valence-corrected chi connectivity index (χ1v) is 14.1. The maximum Gasteiger partial charge on any atom is 0.408 e. The smallest absolute Gasteiger partial charge is 0.408 e. The molecular formula is C27H41ClN4O7S. The summed E-state index contributed by atoms with van der Waals surface area (Å²) in [5.41, 5.74) is 0.0291. The molecule has 0 fully saturated rings. The van der Waals surface area contributed by atoms with Gasteiger partial charge in [0.1, 0.15) is 23.7 Å². The van der Waals surface area contributed by atoms with Gasteiger partial charge in [-0.05, 0) is 57.6 Å². The van der Waals surface area contributed by atoms with Gasteiger partial charge in [0.05, 0.1) is 0 Å². The number of carbonyl (C=O) groups excluding carboxylic acids is 4. The topological polar surface area (TPSA) is 163 Å². The molecule has 0 aliphatic heterocycles. The number of hydrogen-bond acceptors (Lipinski definition) is 7. The van der Waals surface area contributed by atoms with Crippen LogP contribution < -0.4 is 21.3 Å². The number of carboxylic acids is 1. The van der Waals surface area contributed by atoms with Crippen LogP contribution in [0.1, 0.15) is 59.4 Å². The van der Waals surface area contributed by atoms with Crippen LogP contribution in [0.2, 0.25) is 5.02 Å². The predicted octanol–water partition coefficient (Wildman–Crippen LogP) is 2.70. The minimum atomic E-state index is -1.26. The van der Waals surface area contributed by atoms with Crippen LogP contribution >= 0.6 is 24.2 Å². The lowest BCUT2D eigenvalue weighted by atomic mass is 10.0. The Morgan fingerprint density at radius 3 is 2.10 bits per heavy atom. The molecule has 40 heavy (non-hydrogen) atoms.